The number of amides is 2. The van der Waals surface area contributed by atoms with Gasteiger partial charge in [0.25, 0.3) is 5.56 Å². The number of rotatable bonds is 5. The molecule has 12 heteroatoms. The molecule has 11 nitrogen and oxygen atoms in total. The van der Waals surface area contributed by atoms with Gasteiger partial charge in [0.1, 0.15) is 5.82 Å². The van der Waals surface area contributed by atoms with E-state index in [-0.39, 0.29) is 29.2 Å². The van der Waals surface area contributed by atoms with Crippen LogP contribution in [-0.2, 0) is 40.3 Å². The molecule has 1 atom stereocenters. The largest absolute Gasteiger partial charge is 0.352 e. The van der Waals surface area contributed by atoms with Crippen molar-refractivity contribution >= 4 is 27.7 Å². The molecule has 0 saturated heterocycles. The average molecular weight is 421 g/mol. The number of nitrogens with two attached hydrogens (primary N) is 1. The smallest absolute Gasteiger partial charge is 0.332 e. The maximum absolute atomic E-state index is 12.4. The Morgan fingerprint density at radius 2 is 1.76 bits per heavy atom. The Kier molecular flexibility index (Phi) is 5.15. The molecular weight excluding hydrogens is 402 g/mol. The van der Waals surface area contributed by atoms with Crippen molar-refractivity contribution in [3.63, 3.8) is 0 Å². The lowest BCUT2D eigenvalue weighted by atomic mass is 9.99. The molecule has 0 saturated carbocycles. The van der Waals surface area contributed by atoms with Crippen molar-refractivity contribution in [1.29, 1.82) is 0 Å². The van der Waals surface area contributed by atoms with Crippen molar-refractivity contribution in [3.8, 4) is 0 Å². The molecule has 2 heterocycles. The highest BCUT2D eigenvalue weighted by molar-refractivity contribution is 7.89. The summed E-state index contributed by atoms with van der Waals surface area (Å²) in [5.74, 6) is -1.94. The van der Waals surface area contributed by atoms with Crippen LogP contribution >= 0.6 is 0 Å². The van der Waals surface area contributed by atoms with Crippen LogP contribution < -0.4 is 27.0 Å². The van der Waals surface area contributed by atoms with Crippen LogP contribution in [0.2, 0.25) is 0 Å². The second-order valence-corrected chi connectivity index (χ2v) is 8.24. The first-order valence-electron chi connectivity index (χ1n) is 8.50. The van der Waals surface area contributed by atoms with Gasteiger partial charge < -0.3 is 10.6 Å². The highest BCUT2D eigenvalue weighted by Gasteiger charge is 2.37. The number of hydrogen-bond donors (Lipinski definition) is 3. The zero-order chi connectivity index (χ0) is 21.5. The molecule has 2 aromatic rings. The Morgan fingerprint density at radius 1 is 1.14 bits per heavy atom. The predicted octanol–water partition coefficient (Wildman–Crippen LogP) is -1.53. The molecule has 3 rings (SSSR count). The highest BCUT2D eigenvalue weighted by atomic mass is 32.2. The van der Waals surface area contributed by atoms with Crippen molar-refractivity contribution in [2.24, 2.45) is 19.2 Å². The Balaban J connectivity index is 1.74. The molecular formula is C17H19N5O6S. The Labute approximate surface area is 165 Å². The van der Waals surface area contributed by atoms with E-state index >= 15 is 0 Å². The fourth-order valence-electron chi connectivity index (χ4n) is 3.12. The SMILES string of the molecule is Cn1c2c(c(=O)n(C)c1=O)[C@H](CC(=O)NCc1ccc(S(N)(=O)=O)cc1)C(=O)N2. The summed E-state index contributed by atoms with van der Waals surface area (Å²) in [5, 5.41) is 10.1. The lowest BCUT2D eigenvalue weighted by Gasteiger charge is -2.11. The number of carbonyl (C=O) groups is 2. The lowest BCUT2D eigenvalue weighted by Crippen LogP contribution is -2.39. The summed E-state index contributed by atoms with van der Waals surface area (Å²) in [6, 6.07) is 5.65. The van der Waals surface area contributed by atoms with Gasteiger partial charge >= 0.3 is 5.69 Å². The van der Waals surface area contributed by atoms with Crippen molar-refractivity contribution < 1.29 is 18.0 Å². The summed E-state index contributed by atoms with van der Waals surface area (Å²) >= 11 is 0. The molecule has 1 aromatic carbocycles. The minimum absolute atomic E-state index is 0.0479. The molecule has 1 aromatic heterocycles. The monoisotopic (exact) mass is 421 g/mol. The molecule has 29 heavy (non-hydrogen) atoms. The van der Waals surface area contributed by atoms with Crippen LogP contribution in [0.1, 0.15) is 23.5 Å². The molecule has 2 amide bonds. The molecule has 0 fully saturated rings. The Hall–Kier alpha value is -3.25. The van der Waals surface area contributed by atoms with E-state index in [1.807, 2.05) is 0 Å². The van der Waals surface area contributed by atoms with E-state index in [1.165, 1.54) is 38.4 Å². The van der Waals surface area contributed by atoms with Gasteiger partial charge in [-0.15, -0.1) is 0 Å². The number of nitrogens with zero attached hydrogens (tertiary/aromatic N) is 2. The van der Waals surface area contributed by atoms with Crippen LogP contribution in [0.25, 0.3) is 0 Å². The van der Waals surface area contributed by atoms with Gasteiger partial charge in [0, 0.05) is 27.1 Å². The molecule has 0 radical (unpaired) electrons. The summed E-state index contributed by atoms with van der Waals surface area (Å²) in [7, 11) is -1.08. The van der Waals surface area contributed by atoms with E-state index < -0.39 is 39.0 Å². The van der Waals surface area contributed by atoms with Crippen LogP contribution in [-0.4, -0.2) is 29.4 Å². The van der Waals surface area contributed by atoms with Crippen LogP contribution in [0.5, 0.6) is 0 Å². The highest BCUT2D eigenvalue weighted by Crippen LogP contribution is 2.30. The number of carbonyl (C=O) groups excluding carboxylic acids is 2. The number of hydrogen-bond acceptors (Lipinski definition) is 6. The fourth-order valence-corrected chi connectivity index (χ4v) is 3.64. The Morgan fingerprint density at radius 3 is 2.34 bits per heavy atom. The zero-order valence-electron chi connectivity index (χ0n) is 15.6. The standard InChI is InChI=1S/C17H19N5O6S/c1-21-14-13(16(25)22(2)17(21)26)11(15(24)20-14)7-12(23)19-8-9-3-5-10(6-4-9)29(18,27)28/h3-6,11H,7-8H2,1-2H3,(H,19,23)(H,20,24)(H2,18,27,28)/t11-/m0/s1. The maximum atomic E-state index is 12.4. The van der Waals surface area contributed by atoms with Crippen LogP contribution in [0.3, 0.4) is 0 Å². The molecule has 154 valence electrons. The summed E-state index contributed by atoms with van der Waals surface area (Å²) < 4.78 is 24.5. The number of benzene rings is 1. The third-order valence-corrected chi connectivity index (χ3v) is 5.67. The fraction of sp³-hybridized carbons (Fsp3) is 0.294. The lowest BCUT2D eigenvalue weighted by molar-refractivity contribution is -0.125. The molecule has 1 aliphatic heterocycles. The quantitative estimate of drug-likeness (QED) is 0.531. The number of aromatic nitrogens is 2. The first kappa shape index (κ1) is 20.5. The molecule has 0 bridgehead atoms. The van der Waals surface area contributed by atoms with E-state index in [1.54, 1.807) is 0 Å². The predicted molar refractivity (Wildman–Crippen MR) is 103 cm³/mol. The van der Waals surface area contributed by atoms with Gasteiger partial charge in [-0.1, -0.05) is 12.1 Å². The van der Waals surface area contributed by atoms with Gasteiger partial charge in [-0.2, -0.15) is 0 Å². The summed E-state index contributed by atoms with van der Waals surface area (Å²) in [5.41, 5.74) is -0.507. The first-order valence-corrected chi connectivity index (χ1v) is 10.0. The normalized spacial score (nSPS) is 15.7. The number of nitrogens with one attached hydrogen (secondary N) is 2. The van der Waals surface area contributed by atoms with E-state index in [4.69, 9.17) is 5.14 Å². The van der Waals surface area contributed by atoms with Crippen LogP contribution in [0, 0.1) is 0 Å². The van der Waals surface area contributed by atoms with Gasteiger partial charge in [-0.3, -0.25) is 23.5 Å². The zero-order valence-corrected chi connectivity index (χ0v) is 16.4. The molecule has 4 N–H and O–H groups in total. The van der Waals surface area contributed by atoms with E-state index in [9.17, 15) is 27.6 Å². The summed E-state index contributed by atoms with van der Waals surface area (Å²) in [6.45, 7) is 0.0935. The van der Waals surface area contributed by atoms with E-state index in [2.05, 4.69) is 10.6 Å². The second kappa shape index (κ2) is 7.29. The maximum Gasteiger partial charge on any atom is 0.332 e. The number of primary sulfonamides is 1. The van der Waals surface area contributed by atoms with Crippen LogP contribution in [0.15, 0.2) is 38.8 Å². The van der Waals surface area contributed by atoms with Crippen molar-refractivity contribution in [2.45, 2.75) is 23.8 Å². The Bertz CT molecular complexity index is 1230. The van der Waals surface area contributed by atoms with Gasteiger partial charge in [0.05, 0.1) is 16.4 Å². The molecule has 0 spiro atoms. The molecule has 0 aliphatic carbocycles. The number of fused-ring (bicyclic) bond motifs is 1. The van der Waals surface area contributed by atoms with E-state index in [0.717, 1.165) is 9.13 Å². The second-order valence-electron chi connectivity index (χ2n) is 6.68. The van der Waals surface area contributed by atoms with Crippen molar-refractivity contribution in [2.75, 3.05) is 5.32 Å². The third kappa shape index (κ3) is 3.84. The van der Waals surface area contributed by atoms with Crippen LogP contribution in [0.4, 0.5) is 5.82 Å². The van der Waals surface area contributed by atoms with Gasteiger partial charge in [-0.25, -0.2) is 18.4 Å². The molecule has 0 unspecified atom stereocenters. The van der Waals surface area contributed by atoms with E-state index in [0.29, 0.717) is 5.56 Å². The summed E-state index contributed by atoms with van der Waals surface area (Å²) in [6.07, 6.45) is -0.276. The number of anilines is 1. The topological polar surface area (TPSA) is 162 Å². The number of sulfonamides is 1. The third-order valence-electron chi connectivity index (χ3n) is 4.74. The molecule has 1 aliphatic rings. The van der Waals surface area contributed by atoms with Gasteiger partial charge in [-0.05, 0) is 17.7 Å². The van der Waals surface area contributed by atoms with Crippen molar-refractivity contribution in [1.82, 2.24) is 14.5 Å². The summed E-state index contributed by atoms with van der Waals surface area (Å²) in [4.78, 5) is 49.0. The van der Waals surface area contributed by atoms with Crippen molar-refractivity contribution in [3.05, 3.63) is 56.2 Å². The van der Waals surface area contributed by atoms with Gasteiger partial charge in [0.15, 0.2) is 0 Å². The first-order chi connectivity index (χ1) is 13.5. The average Bonchev–Trinajstić information content (AvgIpc) is 2.99. The minimum Gasteiger partial charge on any atom is -0.352 e. The minimum atomic E-state index is -3.80. The van der Waals surface area contributed by atoms with Gasteiger partial charge in [0.2, 0.25) is 21.8 Å².